The smallest absolute Gasteiger partial charge is 0.239 e. The van der Waals surface area contributed by atoms with Crippen molar-refractivity contribution in [3.8, 4) is 0 Å². The van der Waals surface area contributed by atoms with E-state index in [1.54, 1.807) is 0 Å². The molecule has 0 aliphatic rings. The summed E-state index contributed by atoms with van der Waals surface area (Å²) in [5, 5.41) is 3.10. The van der Waals surface area contributed by atoms with Crippen molar-refractivity contribution >= 4 is 5.91 Å². The minimum Gasteiger partial charge on any atom is -0.465 e. The van der Waals surface area contributed by atoms with Gasteiger partial charge < -0.3 is 10.2 Å². The lowest BCUT2D eigenvalue weighted by molar-refractivity contribution is -0.120. The highest BCUT2D eigenvalue weighted by molar-refractivity contribution is 5.81. The standard InChI is InChI=1S/C14H16N2O2/c1-10-7-8-12(18-10)9-16-13(14(15)17)11-5-3-2-4-6-11/h2-8,13,16H,9H2,1H3,(H2,15,17). The second-order valence-electron chi connectivity index (χ2n) is 4.14. The van der Waals surface area contributed by atoms with E-state index in [1.165, 1.54) is 0 Å². The lowest BCUT2D eigenvalue weighted by atomic mass is 10.1. The number of aryl methyl sites for hydroxylation is 1. The van der Waals surface area contributed by atoms with Crippen molar-refractivity contribution < 1.29 is 9.21 Å². The Kier molecular flexibility index (Phi) is 3.79. The SMILES string of the molecule is Cc1ccc(CNC(C(N)=O)c2ccccc2)o1. The Morgan fingerprint density at radius 1 is 1.28 bits per heavy atom. The van der Waals surface area contributed by atoms with E-state index in [4.69, 9.17) is 10.2 Å². The van der Waals surface area contributed by atoms with Crippen LogP contribution in [0.25, 0.3) is 0 Å². The molecule has 1 amide bonds. The van der Waals surface area contributed by atoms with Crippen molar-refractivity contribution in [2.24, 2.45) is 5.73 Å². The van der Waals surface area contributed by atoms with Crippen LogP contribution in [-0.4, -0.2) is 5.91 Å². The highest BCUT2D eigenvalue weighted by Gasteiger charge is 2.17. The first-order valence-electron chi connectivity index (χ1n) is 5.80. The quantitative estimate of drug-likeness (QED) is 0.844. The van der Waals surface area contributed by atoms with E-state index in [9.17, 15) is 4.79 Å². The molecule has 0 saturated heterocycles. The maximum absolute atomic E-state index is 11.5. The molecule has 0 bridgehead atoms. The summed E-state index contributed by atoms with van der Waals surface area (Å²) in [4.78, 5) is 11.5. The van der Waals surface area contributed by atoms with Crippen LogP contribution in [0.5, 0.6) is 0 Å². The van der Waals surface area contributed by atoms with E-state index < -0.39 is 11.9 Å². The number of furan rings is 1. The van der Waals surface area contributed by atoms with Gasteiger partial charge in [0.05, 0.1) is 6.54 Å². The van der Waals surface area contributed by atoms with Crippen LogP contribution in [0.4, 0.5) is 0 Å². The predicted molar refractivity (Wildman–Crippen MR) is 68.7 cm³/mol. The van der Waals surface area contributed by atoms with Crippen LogP contribution in [0.1, 0.15) is 23.1 Å². The Morgan fingerprint density at radius 2 is 2.00 bits per heavy atom. The van der Waals surface area contributed by atoms with Gasteiger partial charge in [0.1, 0.15) is 17.6 Å². The van der Waals surface area contributed by atoms with Gasteiger partial charge >= 0.3 is 0 Å². The number of nitrogens with two attached hydrogens (primary N) is 1. The maximum Gasteiger partial charge on any atom is 0.239 e. The van der Waals surface area contributed by atoms with E-state index in [2.05, 4.69) is 5.32 Å². The third-order valence-electron chi connectivity index (χ3n) is 2.69. The summed E-state index contributed by atoms with van der Waals surface area (Å²) in [7, 11) is 0. The Balaban J connectivity index is 2.06. The van der Waals surface area contributed by atoms with Crippen LogP contribution in [0.2, 0.25) is 0 Å². The van der Waals surface area contributed by atoms with Gasteiger partial charge in [0.2, 0.25) is 5.91 Å². The van der Waals surface area contributed by atoms with Crippen molar-refractivity contribution in [3.63, 3.8) is 0 Å². The van der Waals surface area contributed by atoms with E-state index in [-0.39, 0.29) is 0 Å². The molecule has 0 fully saturated rings. The molecule has 0 aliphatic carbocycles. The lowest BCUT2D eigenvalue weighted by Gasteiger charge is -2.14. The normalized spacial score (nSPS) is 12.3. The van der Waals surface area contributed by atoms with Crippen LogP contribution < -0.4 is 11.1 Å². The Hall–Kier alpha value is -2.07. The molecule has 4 heteroatoms. The van der Waals surface area contributed by atoms with E-state index in [0.29, 0.717) is 6.54 Å². The van der Waals surface area contributed by atoms with Gasteiger partial charge in [-0.1, -0.05) is 30.3 Å². The molecule has 0 saturated carbocycles. The van der Waals surface area contributed by atoms with Crippen molar-refractivity contribution in [2.45, 2.75) is 19.5 Å². The van der Waals surface area contributed by atoms with Crippen LogP contribution >= 0.6 is 0 Å². The molecule has 1 heterocycles. The summed E-state index contributed by atoms with van der Waals surface area (Å²) < 4.78 is 5.43. The average Bonchev–Trinajstić information content (AvgIpc) is 2.76. The molecule has 94 valence electrons. The first-order chi connectivity index (χ1) is 8.66. The lowest BCUT2D eigenvalue weighted by Crippen LogP contribution is -2.33. The van der Waals surface area contributed by atoms with Crippen molar-refractivity contribution in [1.82, 2.24) is 5.32 Å². The number of amides is 1. The van der Waals surface area contributed by atoms with Gasteiger partial charge in [-0.3, -0.25) is 10.1 Å². The molecular formula is C14H16N2O2. The fraction of sp³-hybridized carbons (Fsp3) is 0.214. The molecule has 1 aromatic heterocycles. The number of nitrogens with one attached hydrogen (secondary N) is 1. The number of primary amides is 1. The second kappa shape index (κ2) is 5.51. The number of carbonyl (C=O) groups is 1. The summed E-state index contributed by atoms with van der Waals surface area (Å²) in [6, 6.07) is 12.7. The number of carbonyl (C=O) groups excluding carboxylic acids is 1. The molecule has 4 nitrogen and oxygen atoms in total. The van der Waals surface area contributed by atoms with Crippen molar-refractivity contribution in [1.29, 1.82) is 0 Å². The molecule has 1 unspecified atom stereocenters. The average molecular weight is 244 g/mol. The first kappa shape index (κ1) is 12.4. The fourth-order valence-electron chi connectivity index (χ4n) is 1.81. The number of hydrogen-bond donors (Lipinski definition) is 2. The summed E-state index contributed by atoms with van der Waals surface area (Å²) in [5.41, 5.74) is 6.26. The topological polar surface area (TPSA) is 68.3 Å². The molecule has 0 radical (unpaired) electrons. The largest absolute Gasteiger partial charge is 0.465 e. The molecule has 3 N–H and O–H groups in total. The van der Waals surface area contributed by atoms with Gasteiger partial charge in [0.25, 0.3) is 0 Å². The Labute approximate surface area is 106 Å². The van der Waals surface area contributed by atoms with Gasteiger partial charge in [-0.05, 0) is 24.6 Å². The third kappa shape index (κ3) is 2.99. The van der Waals surface area contributed by atoms with Gasteiger partial charge in [0.15, 0.2) is 0 Å². The van der Waals surface area contributed by atoms with Gasteiger partial charge in [0, 0.05) is 0 Å². The van der Waals surface area contributed by atoms with Crippen molar-refractivity contribution in [2.75, 3.05) is 0 Å². The summed E-state index contributed by atoms with van der Waals surface area (Å²) >= 11 is 0. The van der Waals surface area contributed by atoms with Gasteiger partial charge in [-0.25, -0.2) is 0 Å². The zero-order valence-corrected chi connectivity index (χ0v) is 10.2. The second-order valence-corrected chi connectivity index (χ2v) is 4.14. The van der Waals surface area contributed by atoms with Crippen LogP contribution in [0, 0.1) is 6.92 Å². The van der Waals surface area contributed by atoms with Crippen LogP contribution in [0.15, 0.2) is 46.9 Å². The Morgan fingerprint density at radius 3 is 2.56 bits per heavy atom. The minimum atomic E-state index is -0.503. The number of hydrogen-bond acceptors (Lipinski definition) is 3. The number of rotatable bonds is 5. The fourth-order valence-corrected chi connectivity index (χ4v) is 1.81. The van der Waals surface area contributed by atoms with Crippen molar-refractivity contribution in [3.05, 3.63) is 59.5 Å². The highest BCUT2D eigenvalue weighted by atomic mass is 16.3. The zero-order valence-electron chi connectivity index (χ0n) is 10.2. The summed E-state index contributed by atoms with van der Waals surface area (Å²) in [6.07, 6.45) is 0. The van der Waals surface area contributed by atoms with Gasteiger partial charge in [-0.15, -0.1) is 0 Å². The summed E-state index contributed by atoms with van der Waals surface area (Å²) in [6.45, 7) is 2.35. The van der Waals surface area contributed by atoms with E-state index in [1.807, 2.05) is 49.4 Å². The number of benzene rings is 1. The van der Waals surface area contributed by atoms with E-state index >= 15 is 0 Å². The molecule has 2 aromatic rings. The monoisotopic (exact) mass is 244 g/mol. The third-order valence-corrected chi connectivity index (χ3v) is 2.69. The van der Waals surface area contributed by atoms with Gasteiger partial charge in [-0.2, -0.15) is 0 Å². The summed E-state index contributed by atoms with van der Waals surface area (Å²) in [5.74, 6) is 1.24. The molecule has 0 aliphatic heterocycles. The Bertz CT molecular complexity index is 520. The zero-order chi connectivity index (χ0) is 13.0. The predicted octanol–water partition coefficient (Wildman–Crippen LogP) is 1.90. The van der Waals surface area contributed by atoms with Crippen LogP contribution in [-0.2, 0) is 11.3 Å². The minimum absolute atomic E-state index is 0.399. The molecular weight excluding hydrogens is 228 g/mol. The molecule has 0 spiro atoms. The highest BCUT2D eigenvalue weighted by Crippen LogP contribution is 2.13. The maximum atomic E-state index is 11.5. The first-order valence-corrected chi connectivity index (χ1v) is 5.80. The molecule has 18 heavy (non-hydrogen) atoms. The molecule has 2 rings (SSSR count). The van der Waals surface area contributed by atoms with E-state index in [0.717, 1.165) is 17.1 Å². The molecule has 1 atom stereocenters. The molecule has 1 aromatic carbocycles. The van der Waals surface area contributed by atoms with Crippen LogP contribution in [0.3, 0.4) is 0 Å².